The highest BCUT2D eigenvalue weighted by Gasteiger charge is 2.52. The molecule has 1 spiro atoms. The Labute approximate surface area is 147 Å². The summed E-state index contributed by atoms with van der Waals surface area (Å²) in [6.07, 6.45) is 2.89. The zero-order valence-electron chi connectivity index (χ0n) is 14.4. The fourth-order valence-electron chi connectivity index (χ4n) is 4.11. The van der Waals surface area contributed by atoms with Gasteiger partial charge in [-0.3, -0.25) is 14.4 Å². The second kappa shape index (κ2) is 6.57. The van der Waals surface area contributed by atoms with Crippen molar-refractivity contribution in [3.8, 4) is 0 Å². The van der Waals surface area contributed by atoms with Crippen LogP contribution in [0.1, 0.15) is 19.3 Å². The van der Waals surface area contributed by atoms with Crippen molar-refractivity contribution >= 4 is 18.2 Å². The van der Waals surface area contributed by atoms with E-state index in [9.17, 15) is 14.4 Å². The van der Waals surface area contributed by atoms with Crippen LogP contribution in [0.4, 0.5) is 0 Å². The van der Waals surface area contributed by atoms with Crippen LogP contribution in [0.5, 0.6) is 0 Å². The van der Waals surface area contributed by atoms with Gasteiger partial charge in [-0.05, 0) is 6.42 Å². The van der Waals surface area contributed by atoms with Gasteiger partial charge in [0.25, 0.3) is 0 Å². The van der Waals surface area contributed by atoms with E-state index in [1.807, 2.05) is 4.90 Å². The number of amides is 3. The number of hydrogen-bond donors (Lipinski definition) is 0. The van der Waals surface area contributed by atoms with Crippen LogP contribution in [0.15, 0.2) is 0 Å². The smallest absolute Gasteiger partial charge is 0.226 e. The molecule has 1 saturated carbocycles. The molecule has 0 aromatic carbocycles. The van der Waals surface area contributed by atoms with E-state index in [0.29, 0.717) is 71.7 Å². The first kappa shape index (κ1) is 16.8. The number of nitrogens with zero attached hydrogens (tertiary/aromatic N) is 3. The Morgan fingerprint density at radius 3 is 1.88 bits per heavy atom. The van der Waals surface area contributed by atoms with Crippen molar-refractivity contribution in [3.63, 3.8) is 0 Å². The predicted molar refractivity (Wildman–Crippen MR) is 86.3 cm³/mol. The molecule has 8 nitrogen and oxygen atoms in total. The van der Waals surface area contributed by atoms with Gasteiger partial charge in [-0.2, -0.15) is 0 Å². The lowest BCUT2D eigenvalue weighted by atomic mass is 10.0. The first-order valence-electron chi connectivity index (χ1n) is 9.17. The Morgan fingerprint density at radius 2 is 1.36 bits per heavy atom. The molecule has 1 aliphatic carbocycles. The summed E-state index contributed by atoms with van der Waals surface area (Å²) in [7, 11) is 0. The van der Waals surface area contributed by atoms with Crippen molar-refractivity contribution in [2.75, 3.05) is 52.5 Å². The van der Waals surface area contributed by atoms with E-state index in [2.05, 4.69) is 0 Å². The van der Waals surface area contributed by atoms with Gasteiger partial charge in [-0.1, -0.05) is 0 Å². The highest BCUT2D eigenvalue weighted by molar-refractivity contribution is 5.92. The molecule has 0 radical (unpaired) electrons. The third-order valence-electron chi connectivity index (χ3n) is 5.85. The molecule has 2 unspecified atom stereocenters. The minimum absolute atomic E-state index is 0.0693. The highest BCUT2D eigenvalue weighted by Crippen LogP contribution is 2.42. The fraction of sp³-hybridized carbons (Fsp3) is 0.824. The molecular weight excluding hydrogens is 326 g/mol. The Bertz CT molecular complexity index is 544. The van der Waals surface area contributed by atoms with Gasteiger partial charge in [0, 0.05) is 52.1 Å². The first-order chi connectivity index (χ1) is 12.1. The van der Waals surface area contributed by atoms with Gasteiger partial charge in [0.2, 0.25) is 18.2 Å². The fourth-order valence-corrected chi connectivity index (χ4v) is 4.11. The molecule has 3 amide bonds. The lowest BCUT2D eigenvalue weighted by Crippen LogP contribution is -2.49. The van der Waals surface area contributed by atoms with E-state index >= 15 is 0 Å². The summed E-state index contributed by atoms with van der Waals surface area (Å²) in [6.45, 7) is 4.81. The molecular formula is C17H25N3O5. The minimum atomic E-state index is -0.478. The SMILES string of the molecule is O=CN1CCN(C(=O)C2CC2C(=O)N2CCC3(CC2)OCCO3)CC1. The van der Waals surface area contributed by atoms with E-state index in [1.54, 1.807) is 9.80 Å². The number of piperazine rings is 1. The van der Waals surface area contributed by atoms with Crippen LogP contribution < -0.4 is 0 Å². The van der Waals surface area contributed by atoms with E-state index in [-0.39, 0.29) is 23.7 Å². The molecule has 0 bridgehead atoms. The summed E-state index contributed by atoms with van der Waals surface area (Å²) in [5, 5.41) is 0. The van der Waals surface area contributed by atoms with Crippen LogP contribution in [0.25, 0.3) is 0 Å². The Balaban J connectivity index is 1.26. The third kappa shape index (κ3) is 3.25. The standard InChI is InChI=1S/C17H25N3O5/c21-12-18-5-7-20(8-6-18)16(23)14-11-13(14)15(22)19-3-1-17(2-4-19)24-9-10-25-17/h12-14H,1-11H2. The molecule has 3 aliphatic heterocycles. The van der Waals surface area contributed by atoms with Crippen LogP contribution in [0, 0.1) is 11.8 Å². The normalized spacial score (nSPS) is 31.3. The molecule has 2 atom stereocenters. The van der Waals surface area contributed by atoms with E-state index in [0.717, 1.165) is 6.41 Å². The molecule has 4 rings (SSSR count). The topological polar surface area (TPSA) is 79.4 Å². The molecule has 138 valence electrons. The van der Waals surface area contributed by atoms with Crippen molar-refractivity contribution in [1.82, 2.24) is 14.7 Å². The Morgan fingerprint density at radius 1 is 0.840 bits per heavy atom. The average Bonchev–Trinajstić information content (AvgIpc) is 3.34. The molecule has 3 heterocycles. The molecule has 0 aromatic heterocycles. The van der Waals surface area contributed by atoms with Gasteiger partial charge < -0.3 is 24.2 Å². The van der Waals surface area contributed by atoms with E-state index in [1.165, 1.54) is 0 Å². The molecule has 3 saturated heterocycles. The molecule has 0 aromatic rings. The van der Waals surface area contributed by atoms with Gasteiger partial charge in [0.05, 0.1) is 25.0 Å². The van der Waals surface area contributed by atoms with Crippen LogP contribution in [0.3, 0.4) is 0 Å². The maximum absolute atomic E-state index is 12.7. The number of piperidine rings is 1. The molecule has 0 N–H and O–H groups in total. The molecule has 8 heteroatoms. The number of likely N-dealkylation sites (tertiary alicyclic amines) is 1. The average molecular weight is 351 g/mol. The zero-order chi connectivity index (χ0) is 17.4. The lowest BCUT2D eigenvalue weighted by molar-refractivity contribution is -0.187. The number of carbonyl (C=O) groups is 3. The number of hydrogen-bond acceptors (Lipinski definition) is 5. The van der Waals surface area contributed by atoms with E-state index < -0.39 is 5.79 Å². The summed E-state index contributed by atoms with van der Waals surface area (Å²) in [6, 6.07) is 0. The first-order valence-corrected chi connectivity index (χ1v) is 9.17. The molecule has 4 aliphatic rings. The summed E-state index contributed by atoms with van der Waals surface area (Å²) >= 11 is 0. The van der Waals surface area contributed by atoms with Crippen LogP contribution >= 0.6 is 0 Å². The van der Waals surface area contributed by atoms with Crippen molar-refractivity contribution in [2.24, 2.45) is 11.8 Å². The number of rotatable bonds is 3. The minimum Gasteiger partial charge on any atom is -0.347 e. The predicted octanol–water partition coefficient (Wildman–Crippen LogP) is -0.711. The van der Waals surface area contributed by atoms with Gasteiger partial charge in [-0.25, -0.2) is 0 Å². The number of carbonyl (C=O) groups excluding carboxylic acids is 3. The second-order valence-corrected chi connectivity index (χ2v) is 7.35. The highest BCUT2D eigenvalue weighted by atomic mass is 16.7. The van der Waals surface area contributed by atoms with Crippen molar-refractivity contribution < 1.29 is 23.9 Å². The molecule has 25 heavy (non-hydrogen) atoms. The van der Waals surface area contributed by atoms with Crippen LogP contribution in [-0.2, 0) is 23.9 Å². The van der Waals surface area contributed by atoms with Gasteiger partial charge in [0.1, 0.15) is 0 Å². The van der Waals surface area contributed by atoms with E-state index in [4.69, 9.17) is 9.47 Å². The quantitative estimate of drug-likeness (QED) is 0.628. The number of ether oxygens (including phenoxy) is 2. The summed E-state index contributed by atoms with van der Waals surface area (Å²) in [4.78, 5) is 41.3. The zero-order valence-corrected chi connectivity index (χ0v) is 14.4. The van der Waals surface area contributed by atoms with Crippen LogP contribution in [-0.4, -0.2) is 91.2 Å². The van der Waals surface area contributed by atoms with Crippen molar-refractivity contribution in [2.45, 2.75) is 25.0 Å². The third-order valence-corrected chi connectivity index (χ3v) is 5.85. The monoisotopic (exact) mass is 351 g/mol. The Hall–Kier alpha value is -1.67. The summed E-state index contributed by atoms with van der Waals surface area (Å²) in [5.41, 5.74) is 0. The van der Waals surface area contributed by atoms with Gasteiger partial charge in [-0.15, -0.1) is 0 Å². The second-order valence-electron chi connectivity index (χ2n) is 7.35. The van der Waals surface area contributed by atoms with Crippen molar-refractivity contribution in [1.29, 1.82) is 0 Å². The largest absolute Gasteiger partial charge is 0.347 e. The lowest BCUT2D eigenvalue weighted by Gasteiger charge is -2.37. The van der Waals surface area contributed by atoms with Gasteiger partial charge >= 0.3 is 0 Å². The maximum atomic E-state index is 12.7. The summed E-state index contributed by atoms with van der Waals surface area (Å²) < 4.78 is 11.4. The summed E-state index contributed by atoms with van der Waals surface area (Å²) in [5.74, 6) is -0.660. The molecule has 4 fully saturated rings. The maximum Gasteiger partial charge on any atom is 0.226 e. The van der Waals surface area contributed by atoms with Crippen molar-refractivity contribution in [3.05, 3.63) is 0 Å². The van der Waals surface area contributed by atoms with Crippen LogP contribution in [0.2, 0.25) is 0 Å². The Kier molecular flexibility index (Phi) is 4.41. The van der Waals surface area contributed by atoms with Gasteiger partial charge in [0.15, 0.2) is 5.79 Å².